The lowest BCUT2D eigenvalue weighted by molar-refractivity contribution is 0.0945. The molecule has 0 saturated carbocycles. The average molecular weight is 278 g/mol. The van der Waals surface area contributed by atoms with Gasteiger partial charge in [0.2, 0.25) is 6.79 Å². The maximum Gasteiger partial charge on any atom is 0.251 e. The minimum Gasteiger partial charge on any atom is -0.454 e. The lowest BCUT2D eigenvalue weighted by atomic mass is 10.00. The van der Waals surface area contributed by atoms with E-state index in [1.807, 2.05) is 0 Å². The molecule has 1 aromatic rings. The van der Waals surface area contributed by atoms with Crippen LogP contribution < -0.4 is 20.5 Å². The van der Waals surface area contributed by atoms with Crippen LogP contribution >= 0.6 is 0 Å². The number of hydrogen-bond acceptors (Lipinski definition) is 4. The molecular weight excluding hydrogens is 256 g/mol. The molecule has 0 aliphatic carbocycles. The first kappa shape index (κ1) is 14.7. The molecule has 0 aromatic heterocycles. The van der Waals surface area contributed by atoms with Gasteiger partial charge in [0.05, 0.1) is 0 Å². The summed E-state index contributed by atoms with van der Waals surface area (Å²) in [5, 5.41) is 2.97. The minimum absolute atomic E-state index is 0.0820. The maximum absolute atomic E-state index is 12.1. The predicted octanol–water partition coefficient (Wildman–Crippen LogP) is 1.91. The van der Waals surface area contributed by atoms with E-state index in [0.29, 0.717) is 36.1 Å². The molecule has 1 aromatic carbocycles. The minimum atomic E-state index is -0.0820. The number of rotatable bonds is 7. The normalized spacial score (nSPS) is 14.1. The zero-order valence-electron chi connectivity index (χ0n) is 11.9. The Morgan fingerprint density at radius 2 is 2.15 bits per heavy atom. The molecule has 110 valence electrons. The maximum atomic E-state index is 12.1. The van der Waals surface area contributed by atoms with E-state index in [9.17, 15) is 4.79 Å². The summed E-state index contributed by atoms with van der Waals surface area (Å²) in [6.45, 7) is 3.68. The third-order valence-corrected chi connectivity index (χ3v) is 3.46. The van der Waals surface area contributed by atoms with E-state index in [1.54, 1.807) is 18.2 Å². The molecule has 0 saturated heterocycles. The van der Waals surface area contributed by atoms with Crippen LogP contribution in [0, 0.1) is 5.92 Å². The monoisotopic (exact) mass is 278 g/mol. The van der Waals surface area contributed by atoms with Gasteiger partial charge < -0.3 is 20.5 Å². The molecule has 5 heteroatoms. The number of amides is 1. The van der Waals surface area contributed by atoms with Gasteiger partial charge in [-0.1, -0.05) is 13.3 Å². The highest BCUT2D eigenvalue weighted by molar-refractivity contribution is 5.94. The summed E-state index contributed by atoms with van der Waals surface area (Å²) in [6, 6.07) is 5.23. The number of carbonyl (C=O) groups is 1. The molecule has 1 atom stereocenters. The van der Waals surface area contributed by atoms with Crippen LogP contribution in [0.15, 0.2) is 18.2 Å². The molecule has 20 heavy (non-hydrogen) atoms. The third kappa shape index (κ3) is 3.63. The lowest BCUT2D eigenvalue weighted by Gasteiger charge is -2.16. The quantitative estimate of drug-likeness (QED) is 0.799. The van der Waals surface area contributed by atoms with Gasteiger partial charge in [-0.05, 0) is 43.5 Å². The molecule has 1 unspecified atom stereocenters. The summed E-state index contributed by atoms with van der Waals surface area (Å²) in [7, 11) is 0. The van der Waals surface area contributed by atoms with Gasteiger partial charge in [-0.2, -0.15) is 0 Å². The van der Waals surface area contributed by atoms with Crippen molar-refractivity contribution in [2.24, 2.45) is 11.7 Å². The van der Waals surface area contributed by atoms with Crippen molar-refractivity contribution in [1.29, 1.82) is 0 Å². The number of nitrogens with two attached hydrogens (primary N) is 1. The second kappa shape index (κ2) is 7.14. The molecule has 5 nitrogen and oxygen atoms in total. The molecule has 1 aliphatic heterocycles. The fourth-order valence-corrected chi connectivity index (χ4v) is 2.37. The van der Waals surface area contributed by atoms with Gasteiger partial charge in [-0.3, -0.25) is 4.79 Å². The van der Waals surface area contributed by atoms with Gasteiger partial charge >= 0.3 is 0 Å². The Morgan fingerprint density at radius 1 is 1.35 bits per heavy atom. The molecular formula is C15H22N2O3. The highest BCUT2D eigenvalue weighted by Gasteiger charge is 2.16. The summed E-state index contributed by atoms with van der Waals surface area (Å²) in [5.41, 5.74) is 6.19. The van der Waals surface area contributed by atoms with E-state index in [4.69, 9.17) is 15.2 Å². The largest absolute Gasteiger partial charge is 0.454 e. The van der Waals surface area contributed by atoms with Gasteiger partial charge in [-0.25, -0.2) is 0 Å². The highest BCUT2D eigenvalue weighted by Crippen LogP contribution is 2.32. The molecule has 0 bridgehead atoms. The van der Waals surface area contributed by atoms with Crippen molar-refractivity contribution in [2.75, 3.05) is 19.9 Å². The van der Waals surface area contributed by atoms with Crippen molar-refractivity contribution in [1.82, 2.24) is 5.32 Å². The molecule has 2 rings (SSSR count). The highest BCUT2D eigenvalue weighted by atomic mass is 16.7. The van der Waals surface area contributed by atoms with E-state index in [0.717, 1.165) is 19.3 Å². The smallest absolute Gasteiger partial charge is 0.251 e. The van der Waals surface area contributed by atoms with Crippen LogP contribution in [0.2, 0.25) is 0 Å². The second-order valence-electron chi connectivity index (χ2n) is 5.01. The summed E-state index contributed by atoms with van der Waals surface area (Å²) >= 11 is 0. The zero-order chi connectivity index (χ0) is 14.4. The van der Waals surface area contributed by atoms with Crippen molar-refractivity contribution in [3.05, 3.63) is 23.8 Å². The Labute approximate surface area is 119 Å². The summed E-state index contributed by atoms with van der Waals surface area (Å²) in [6.07, 6.45) is 3.12. The van der Waals surface area contributed by atoms with Crippen molar-refractivity contribution in [3.63, 3.8) is 0 Å². The van der Waals surface area contributed by atoms with E-state index in [-0.39, 0.29) is 12.7 Å². The number of hydrogen-bond donors (Lipinski definition) is 2. The van der Waals surface area contributed by atoms with Gasteiger partial charge in [-0.15, -0.1) is 0 Å². The van der Waals surface area contributed by atoms with Gasteiger partial charge in [0.1, 0.15) is 0 Å². The van der Waals surface area contributed by atoms with Crippen molar-refractivity contribution in [2.45, 2.75) is 26.2 Å². The van der Waals surface area contributed by atoms with Crippen LogP contribution in [0.4, 0.5) is 0 Å². The first-order valence-corrected chi connectivity index (χ1v) is 7.12. The molecule has 0 spiro atoms. The van der Waals surface area contributed by atoms with E-state index >= 15 is 0 Å². The first-order valence-electron chi connectivity index (χ1n) is 7.12. The number of benzene rings is 1. The predicted molar refractivity (Wildman–Crippen MR) is 77.0 cm³/mol. The summed E-state index contributed by atoms with van der Waals surface area (Å²) in [4.78, 5) is 12.1. The van der Waals surface area contributed by atoms with Gasteiger partial charge in [0.15, 0.2) is 11.5 Å². The third-order valence-electron chi connectivity index (χ3n) is 3.46. The Kier molecular flexibility index (Phi) is 5.24. The second-order valence-corrected chi connectivity index (χ2v) is 5.01. The van der Waals surface area contributed by atoms with Crippen molar-refractivity contribution < 1.29 is 14.3 Å². The number of ether oxygens (including phenoxy) is 2. The SMILES string of the molecule is CCCC(CCN)CNC(=O)c1ccc2c(c1)OCO2. The number of nitrogens with one attached hydrogen (secondary N) is 1. The summed E-state index contributed by atoms with van der Waals surface area (Å²) in [5.74, 6) is 1.68. The van der Waals surface area contributed by atoms with Crippen LogP contribution in [0.25, 0.3) is 0 Å². The lowest BCUT2D eigenvalue weighted by Crippen LogP contribution is -2.30. The van der Waals surface area contributed by atoms with Crippen molar-refractivity contribution in [3.8, 4) is 11.5 Å². The molecule has 1 aliphatic rings. The Bertz CT molecular complexity index is 456. The van der Waals surface area contributed by atoms with Gasteiger partial charge in [0, 0.05) is 12.1 Å². The molecule has 1 heterocycles. The number of carbonyl (C=O) groups excluding carboxylic acids is 1. The number of fused-ring (bicyclic) bond motifs is 1. The van der Waals surface area contributed by atoms with Crippen LogP contribution in [-0.4, -0.2) is 25.8 Å². The Morgan fingerprint density at radius 3 is 2.90 bits per heavy atom. The zero-order valence-corrected chi connectivity index (χ0v) is 11.9. The van der Waals surface area contributed by atoms with E-state index in [2.05, 4.69) is 12.2 Å². The van der Waals surface area contributed by atoms with E-state index in [1.165, 1.54) is 0 Å². The fraction of sp³-hybridized carbons (Fsp3) is 0.533. The van der Waals surface area contributed by atoms with Crippen molar-refractivity contribution >= 4 is 5.91 Å². The van der Waals surface area contributed by atoms with Crippen LogP contribution in [0.3, 0.4) is 0 Å². The van der Waals surface area contributed by atoms with Gasteiger partial charge in [0.25, 0.3) is 5.91 Å². The standard InChI is InChI=1S/C15H22N2O3/c1-2-3-11(6-7-16)9-17-15(18)12-4-5-13-14(8-12)20-10-19-13/h4-5,8,11H,2-3,6-7,9-10,16H2,1H3,(H,17,18). The van der Waals surface area contributed by atoms with Crippen LogP contribution in [-0.2, 0) is 0 Å². The summed E-state index contributed by atoms with van der Waals surface area (Å²) < 4.78 is 10.5. The topological polar surface area (TPSA) is 73.6 Å². The Hall–Kier alpha value is -1.75. The fourth-order valence-electron chi connectivity index (χ4n) is 2.37. The first-order chi connectivity index (χ1) is 9.74. The van der Waals surface area contributed by atoms with Crippen LogP contribution in [0.5, 0.6) is 11.5 Å². The Balaban J connectivity index is 1.91. The molecule has 0 radical (unpaired) electrons. The molecule has 3 N–H and O–H groups in total. The van der Waals surface area contributed by atoms with Crippen LogP contribution in [0.1, 0.15) is 36.5 Å². The molecule has 0 fully saturated rings. The molecule has 1 amide bonds. The average Bonchev–Trinajstić information content (AvgIpc) is 2.92. The van der Waals surface area contributed by atoms with E-state index < -0.39 is 0 Å².